The zero-order chi connectivity index (χ0) is 17.8. The molecule has 130 valence electrons. The molecule has 7 nitrogen and oxygen atoms in total. The number of aromatic amines is 1. The molecule has 3 heterocycles. The minimum Gasteiger partial charge on any atom is -0.460 e. The number of methoxy groups -OCH3 is 1. The van der Waals surface area contributed by atoms with Crippen molar-refractivity contribution in [2.45, 2.75) is 13.0 Å². The van der Waals surface area contributed by atoms with Gasteiger partial charge < -0.3 is 14.1 Å². The van der Waals surface area contributed by atoms with Crippen LogP contribution in [0.3, 0.4) is 0 Å². The van der Waals surface area contributed by atoms with E-state index in [0.717, 1.165) is 11.5 Å². The number of hydrogen-bond donors (Lipinski definition) is 1. The number of aryl methyl sites for hydroxylation is 1. The number of ether oxygens (including phenoxy) is 1. The number of furan rings is 1. The summed E-state index contributed by atoms with van der Waals surface area (Å²) in [6, 6.07) is 10.7. The third-order valence-electron chi connectivity index (χ3n) is 3.94. The van der Waals surface area contributed by atoms with Crippen molar-refractivity contribution < 1.29 is 13.9 Å². The van der Waals surface area contributed by atoms with Crippen molar-refractivity contribution in [1.82, 2.24) is 20.1 Å². The predicted octanol–water partition coefficient (Wildman–Crippen LogP) is 2.83. The summed E-state index contributed by atoms with van der Waals surface area (Å²) < 4.78 is 10.8. The van der Waals surface area contributed by atoms with E-state index in [1.165, 1.54) is 0 Å². The molecule has 3 aromatic rings. The Morgan fingerprint density at radius 1 is 1.36 bits per heavy atom. The van der Waals surface area contributed by atoms with Crippen molar-refractivity contribution in [3.05, 3.63) is 59.7 Å². The second kappa shape index (κ2) is 7.31. The Labute approximate surface area is 145 Å². The van der Waals surface area contributed by atoms with Crippen molar-refractivity contribution in [1.29, 1.82) is 0 Å². The Balaban J connectivity index is 1.82. The van der Waals surface area contributed by atoms with Crippen molar-refractivity contribution in [2.75, 3.05) is 20.8 Å². The molecule has 0 radical (unpaired) electrons. The lowest BCUT2D eigenvalue weighted by Gasteiger charge is -2.26. The maximum Gasteiger partial charge on any atom is 0.274 e. The van der Waals surface area contributed by atoms with E-state index in [9.17, 15) is 4.79 Å². The first kappa shape index (κ1) is 16.9. The summed E-state index contributed by atoms with van der Waals surface area (Å²) in [6.45, 7) is 2.20. The molecule has 3 aromatic heterocycles. The zero-order valence-corrected chi connectivity index (χ0v) is 14.4. The number of amides is 1. The molecule has 0 saturated heterocycles. The summed E-state index contributed by atoms with van der Waals surface area (Å²) in [7, 11) is 3.31. The largest absolute Gasteiger partial charge is 0.460 e. The van der Waals surface area contributed by atoms with Gasteiger partial charge in [-0.05, 0) is 31.2 Å². The summed E-state index contributed by atoms with van der Waals surface area (Å²) in [6.07, 6.45) is 1.70. The highest BCUT2D eigenvalue weighted by molar-refractivity contribution is 5.93. The van der Waals surface area contributed by atoms with E-state index in [2.05, 4.69) is 15.2 Å². The first-order valence-corrected chi connectivity index (χ1v) is 7.89. The van der Waals surface area contributed by atoms with Gasteiger partial charge in [-0.25, -0.2) is 0 Å². The Bertz CT molecular complexity index is 841. The molecule has 3 rings (SSSR count). The number of carbonyl (C=O) groups is 1. The molecule has 7 heteroatoms. The van der Waals surface area contributed by atoms with Crippen LogP contribution in [0.2, 0.25) is 0 Å². The summed E-state index contributed by atoms with van der Waals surface area (Å²) in [5.41, 5.74) is 1.73. The number of pyridine rings is 1. The van der Waals surface area contributed by atoms with Crippen LogP contribution >= 0.6 is 0 Å². The van der Waals surface area contributed by atoms with Crippen LogP contribution in [0.25, 0.3) is 11.5 Å². The van der Waals surface area contributed by atoms with Gasteiger partial charge >= 0.3 is 0 Å². The highest BCUT2D eigenvalue weighted by atomic mass is 16.5. The fourth-order valence-electron chi connectivity index (χ4n) is 2.59. The van der Waals surface area contributed by atoms with E-state index < -0.39 is 0 Å². The zero-order valence-electron chi connectivity index (χ0n) is 14.4. The maximum absolute atomic E-state index is 12.8. The average molecular weight is 340 g/mol. The number of H-pyrrole nitrogens is 1. The third kappa shape index (κ3) is 3.61. The fourth-order valence-corrected chi connectivity index (χ4v) is 2.59. The van der Waals surface area contributed by atoms with Gasteiger partial charge in [0.15, 0.2) is 11.5 Å². The van der Waals surface area contributed by atoms with Crippen LogP contribution in [-0.4, -0.2) is 46.8 Å². The minimum atomic E-state index is -0.301. The molecule has 0 aliphatic carbocycles. The molecule has 0 saturated carbocycles. The number of likely N-dealkylation sites (N-methyl/N-ethyl adjacent to an activating group) is 1. The molecule has 0 spiro atoms. The standard InChI is InChI=1S/C18H20N4O3/c1-12-7-8-17(25-12)14-10-15(21-20-14)18(23)22(2)16(11-24-3)13-6-4-5-9-19-13/h4-10,16H,11H2,1-3H3,(H,20,21). The molecule has 1 unspecified atom stereocenters. The molecule has 1 atom stereocenters. The summed E-state index contributed by atoms with van der Waals surface area (Å²) in [5.74, 6) is 1.22. The smallest absolute Gasteiger partial charge is 0.274 e. The van der Waals surface area contributed by atoms with E-state index in [1.54, 1.807) is 31.3 Å². The van der Waals surface area contributed by atoms with E-state index in [-0.39, 0.29) is 11.9 Å². The number of nitrogens with zero attached hydrogens (tertiary/aromatic N) is 3. The Morgan fingerprint density at radius 2 is 2.20 bits per heavy atom. The van der Waals surface area contributed by atoms with Gasteiger partial charge in [-0.2, -0.15) is 5.10 Å². The van der Waals surface area contributed by atoms with E-state index in [4.69, 9.17) is 9.15 Å². The molecule has 25 heavy (non-hydrogen) atoms. The Hall–Kier alpha value is -2.93. The molecule has 1 N–H and O–H groups in total. The molecule has 0 fully saturated rings. The first-order chi connectivity index (χ1) is 12.1. The highest BCUT2D eigenvalue weighted by Crippen LogP contribution is 2.23. The van der Waals surface area contributed by atoms with Gasteiger partial charge in [0.05, 0.1) is 18.3 Å². The molecule has 0 aliphatic rings. The summed E-state index contributed by atoms with van der Waals surface area (Å²) in [5, 5.41) is 6.97. The summed E-state index contributed by atoms with van der Waals surface area (Å²) in [4.78, 5) is 18.7. The molecular weight excluding hydrogens is 320 g/mol. The molecule has 0 aliphatic heterocycles. The first-order valence-electron chi connectivity index (χ1n) is 7.89. The molecular formula is C18H20N4O3. The lowest BCUT2D eigenvalue weighted by Crippen LogP contribution is -2.34. The number of nitrogens with one attached hydrogen (secondary N) is 1. The number of carbonyl (C=O) groups excluding carboxylic acids is 1. The SMILES string of the molecule is COCC(c1ccccn1)N(C)C(=O)c1cc(-c2ccc(C)o2)[nH]n1. The maximum atomic E-state index is 12.8. The van der Waals surface area contributed by atoms with Crippen LogP contribution in [0.5, 0.6) is 0 Å². The highest BCUT2D eigenvalue weighted by Gasteiger charge is 2.25. The van der Waals surface area contributed by atoms with Crippen molar-refractivity contribution in [3.8, 4) is 11.5 Å². The van der Waals surface area contributed by atoms with E-state index in [0.29, 0.717) is 23.8 Å². The van der Waals surface area contributed by atoms with Crippen LogP contribution in [0, 0.1) is 6.92 Å². The average Bonchev–Trinajstić information content (AvgIpc) is 3.28. The van der Waals surface area contributed by atoms with E-state index in [1.807, 2.05) is 37.3 Å². The minimum absolute atomic E-state index is 0.224. The van der Waals surface area contributed by atoms with Gasteiger partial charge in [0.1, 0.15) is 11.5 Å². The monoisotopic (exact) mass is 340 g/mol. The van der Waals surface area contributed by atoms with Crippen molar-refractivity contribution in [2.24, 2.45) is 0 Å². The van der Waals surface area contributed by atoms with Gasteiger partial charge in [-0.3, -0.25) is 14.9 Å². The second-order valence-corrected chi connectivity index (χ2v) is 5.72. The Morgan fingerprint density at radius 3 is 2.84 bits per heavy atom. The van der Waals surface area contributed by atoms with E-state index >= 15 is 0 Å². The molecule has 0 aromatic carbocycles. The summed E-state index contributed by atoms with van der Waals surface area (Å²) >= 11 is 0. The van der Waals surface area contributed by atoms with Crippen LogP contribution in [0.1, 0.15) is 28.0 Å². The normalized spacial score (nSPS) is 12.1. The molecule has 1 amide bonds. The van der Waals surface area contributed by atoms with Gasteiger partial charge in [-0.15, -0.1) is 0 Å². The topological polar surface area (TPSA) is 84.2 Å². The van der Waals surface area contributed by atoms with Gasteiger partial charge in [-0.1, -0.05) is 6.07 Å². The number of rotatable bonds is 6. The quantitative estimate of drug-likeness (QED) is 0.746. The lowest BCUT2D eigenvalue weighted by atomic mass is 10.1. The number of hydrogen-bond acceptors (Lipinski definition) is 5. The van der Waals surface area contributed by atoms with Gasteiger partial charge in [0.25, 0.3) is 5.91 Å². The Kier molecular flexibility index (Phi) is 4.95. The van der Waals surface area contributed by atoms with Crippen LogP contribution < -0.4 is 0 Å². The lowest BCUT2D eigenvalue weighted by molar-refractivity contribution is 0.0589. The van der Waals surface area contributed by atoms with Crippen molar-refractivity contribution in [3.63, 3.8) is 0 Å². The fraction of sp³-hybridized carbons (Fsp3) is 0.278. The predicted molar refractivity (Wildman–Crippen MR) is 92.0 cm³/mol. The van der Waals surface area contributed by atoms with Gasteiger partial charge in [0.2, 0.25) is 0 Å². The second-order valence-electron chi connectivity index (χ2n) is 5.72. The van der Waals surface area contributed by atoms with Crippen LogP contribution in [-0.2, 0) is 4.74 Å². The third-order valence-corrected chi connectivity index (χ3v) is 3.94. The van der Waals surface area contributed by atoms with Crippen LogP contribution in [0.15, 0.2) is 47.0 Å². The van der Waals surface area contributed by atoms with Crippen LogP contribution in [0.4, 0.5) is 0 Å². The number of aromatic nitrogens is 3. The van der Waals surface area contributed by atoms with Gasteiger partial charge in [0, 0.05) is 26.4 Å². The van der Waals surface area contributed by atoms with Crippen molar-refractivity contribution >= 4 is 5.91 Å². The molecule has 0 bridgehead atoms.